The van der Waals surface area contributed by atoms with E-state index in [9.17, 15) is 19.2 Å². The Morgan fingerprint density at radius 1 is 0.769 bits per heavy atom. The first-order valence-electron chi connectivity index (χ1n) is 15.9. The molecule has 2 N–H and O–H groups in total. The number of hydrogen-bond donors (Lipinski definition) is 2. The summed E-state index contributed by atoms with van der Waals surface area (Å²) in [6.45, 7) is 5.20. The molecule has 39 heavy (non-hydrogen) atoms. The van der Waals surface area contributed by atoms with Crippen LogP contribution in [0.15, 0.2) is 60.7 Å². The third-order valence-electron chi connectivity index (χ3n) is 4.23. The maximum absolute atomic E-state index is 11.8. The highest BCUT2D eigenvalue weighted by molar-refractivity contribution is 5.79. The number of carbonyl (C=O) groups excluding carboxylic acids is 3. The molecule has 0 aliphatic carbocycles. The molecule has 2 rings (SSSR count). The molecule has 9 heteroatoms. The quantitative estimate of drug-likeness (QED) is 0.252. The molecule has 216 valence electrons. The fourth-order valence-electron chi connectivity index (χ4n) is 2.27. The van der Waals surface area contributed by atoms with E-state index in [0.717, 1.165) is 25.0 Å². The predicted molar refractivity (Wildman–Crippen MR) is 146 cm³/mol. The lowest BCUT2D eigenvalue weighted by molar-refractivity contribution is -0.167. The van der Waals surface area contributed by atoms with Gasteiger partial charge in [0.2, 0.25) is 0 Å². The number of ether oxygens (including phenoxy) is 3. The summed E-state index contributed by atoms with van der Waals surface area (Å²) in [6, 6.07) is 18.3. The van der Waals surface area contributed by atoms with Crippen molar-refractivity contribution in [2.45, 2.75) is 91.4 Å². The molecular formula is C30H42O9. The zero-order valence-electron chi connectivity index (χ0n) is 30.5. The van der Waals surface area contributed by atoms with Gasteiger partial charge in [-0.05, 0) is 37.8 Å². The van der Waals surface area contributed by atoms with Crippen LogP contribution in [0.25, 0.3) is 0 Å². The summed E-state index contributed by atoms with van der Waals surface area (Å²) < 4.78 is 72.0. The number of rotatable bonds is 13. The van der Waals surface area contributed by atoms with E-state index in [1.807, 2.05) is 36.4 Å². The molecular weight excluding hydrogens is 504 g/mol. The van der Waals surface area contributed by atoms with Gasteiger partial charge in [-0.1, -0.05) is 87.3 Å². The van der Waals surface area contributed by atoms with E-state index < -0.39 is 74.4 Å². The number of carboxylic acid groups (broad SMARTS) is 1. The summed E-state index contributed by atoms with van der Waals surface area (Å²) in [5.74, 6) is -4.29. The lowest BCUT2D eigenvalue weighted by atomic mass is 10.2. The molecule has 0 aromatic heterocycles. The maximum atomic E-state index is 11.8. The summed E-state index contributed by atoms with van der Waals surface area (Å²) in [5, 5.41) is 17.1. The van der Waals surface area contributed by atoms with Crippen LogP contribution in [0.1, 0.15) is 88.1 Å². The van der Waals surface area contributed by atoms with Crippen molar-refractivity contribution in [1.29, 1.82) is 0 Å². The minimum Gasteiger partial charge on any atom is -0.481 e. The van der Waals surface area contributed by atoms with Crippen LogP contribution in [-0.4, -0.2) is 46.3 Å². The molecule has 2 atom stereocenters. The van der Waals surface area contributed by atoms with Gasteiger partial charge in [0, 0.05) is 23.7 Å². The van der Waals surface area contributed by atoms with Crippen LogP contribution in [0, 0.1) is 0 Å². The summed E-state index contributed by atoms with van der Waals surface area (Å²) in [7, 11) is 0. The molecule has 0 saturated carbocycles. The van der Waals surface area contributed by atoms with Gasteiger partial charge in [-0.15, -0.1) is 0 Å². The normalized spacial score (nSPS) is 15.8. The summed E-state index contributed by atoms with van der Waals surface area (Å²) in [4.78, 5) is 44.5. The van der Waals surface area contributed by atoms with Crippen molar-refractivity contribution < 1.29 is 54.6 Å². The second-order valence-electron chi connectivity index (χ2n) is 7.63. The molecule has 0 amide bonds. The maximum Gasteiger partial charge on any atom is 0.347 e. The van der Waals surface area contributed by atoms with Gasteiger partial charge < -0.3 is 24.4 Å². The van der Waals surface area contributed by atoms with Gasteiger partial charge in [0.25, 0.3) is 0 Å². The van der Waals surface area contributed by atoms with Gasteiger partial charge in [-0.2, -0.15) is 0 Å². The highest BCUT2D eigenvalue weighted by Gasteiger charge is 2.18. The predicted octanol–water partition coefficient (Wildman–Crippen LogP) is 5.22. The molecule has 2 aromatic carbocycles. The molecule has 0 bridgehead atoms. The first-order chi connectivity index (χ1) is 21.4. The number of aliphatic carboxylic acids is 1. The van der Waals surface area contributed by atoms with Crippen molar-refractivity contribution in [3.63, 3.8) is 0 Å². The Kier molecular flexibility index (Phi) is 13.2. The van der Waals surface area contributed by atoms with Crippen molar-refractivity contribution in [1.82, 2.24) is 0 Å². The number of hydrogen-bond acceptors (Lipinski definition) is 8. The third kappa shape index (κ3) is 20.0. The smallest absolute Gasteiger partial charge is 0.347 e. The number of esters is 3. The van der Waals surface area contributed by atoms with Gasteiger partial charge in [0.05, 0.1) is 0 Å². The summed E-state index contributed by atoms with van der Waals surface area (Å²) in [6.07, 6.45) is -12.3. The highest BCUT2D eigenvalue weighted by Crippen LogP contribution is 2.05. The first-order valence-corrected chi connectivity index (χ1v) is 11.9. The SMILES string of the molecule is C[C@H](O)C(=O)OCc1ccccc1.[2H]C([2H])(C)CC([2H])([2H])C(=O)O.[2H]C([2H])(C)CC([2H])([2H])C(=O)O[C@@H](C)C(=O)OCc1ccccc1. The van der Waals surface area contributed by atoms with E-state index in [4.69, 9.17) is 35.4 Å². The molecule has 9 nitrogen and oxygen atoms in total. The fourth-order valence-corrected chi connectivity index (χ4v) is 2.27. The van der Waals surface area contributed by atoms with E-state index in [-0.39, 0.29) is 13.2 Å². The number of benzene rings is 2. The van der Waals surface area contributed by atoms with Gasteiger partial charge in [0.1, 0.15) is 19.3 Å². The lowest BCUT2D eigenvalue weighted by Gasteiger charge is -2.12. The summed E-state index contributed by atoms with van der Waals surface area (Å²) in [5.41, 5.74) is 1.69. The van der Waals surface area contributed by atoms with Gasteiger partial charge in [0.15, 0.2) is 6.10 Å². The van der Waals surface area contributed by atoms with E-state index in [1.165, 1.54) is 13.8 Å². The number of carbonyl (C=O) groups is 4. The van der Waals surface area contributed by atoms with Crippen LogP contribution in [0.5, 0.6) is 0 Å². The molecule has 0 aliphatic rings. The molecule has 0 aliphatic heterocycles. The van der Waals surface area contributed by atoms with Crippen LogP contribution in [0.3, 0.4) is 0 Å². The Morgan fingerprint density at radius 2 is 1.21 bits per heavy atom. The molecule has 2 aromatic rings. The zero-order chi connectivity index (χ0) is 36.6. The number of aliphatic hydroxyl groups excluding tert-OH is 1. The molecule has 0 saturated heterocycles. The van der Waals surface area contributed by atoms with Crippen molar-refractivity contribution in [2.24, 2.45) is 0 Å². The van der Waals surface area contributed by atoms with Crippen LogP contribution in [0.2, 0.25) is 0 Å². The van der Waals surface area contributed by atoms with Crippen LogP contribution in [0.4, 0.5) is 0 Å². The van der Waals surface area contributed by atoms with E-state index in [0.29, 0.717) is 0 Å². The van der Waals surface area contributed by atoms with Crippen LogP contribution in [-0.2, 0) is 46.6 Å². The fraction of sp³-hybridized carbons (Fsp3) is 0.467. The largest absolute Gasteiger partial charge is 0.481 e. The van der Waals surface area contributed by atoms with E-state index >= 15 is 0 Å². The second kappa shape index (κ2) is 22.3. The Balaban J connectivity index is 0.000000744. The molecule has 0 unspecified atom stereocenters. The van der Waals surface area contributed by atoms with Crippen molar-refractivity contribution in [3.8, 4) is 0 Å². The van der Waals surface area contributed by atoms with Gasteiger partial charge in [-0.25, -0.2) is 9.59 Å². The number of carboxylic acids is 1. The number of aliphatic hydroxyl groups is 1. The Bertz CT molecular complexity index is 1260. The first kappa shape index (κ1) is 23.2. The minimum atomic E-state index is -2.52. The average Bonchev–Trinajstić information content (AvgIpc) is 2.93. The highest BCUT2D eigenvalue weighted by atomic mass is 16.6. The minimum absolute atomic E-state index is 0.0198. The Morgan fingerprint density at radius 3 is 1.59 bits per heavy atom. The van der Waals surface area contributed by atoms with Gasteiger partial charge in [-0.3, -0.25) is 9.59 Å². The Labute approximate surface area is 242 Å². The van der Waals surface area contributed by atoms with Crippen molar-refractivity contribution in [3.05, 3.63) is 71.8 Å². The van der Waals surface area contributed by atoms with Crippen molar-refractivity contribution in [2.75, 3.05) is 0 Å². The Hall–Kier alpha value is -3.72. The third-order valence-corrected chi connectivity index (χ3v) is 4.23. The van der Waals surface area contributed by atoms with Crippen molar-refractivity contribution >= 4 is 23.9 Å². The van der Waals surface area contributed by atoms with Crippen LogP contribution < -0.4 is 0 Å². The topological polar surface area (TPSA) is 136 Å². The lowest BCUT2D eigenvalue weighted by Crippen LogP contribution is -2.26. The van der Waals surface area contributed by atoms with E-state index in [2.05, 4.69) is 0 Å². The zero-order valence-corrected chi connectivity index (χ0v) is 22.5. The van der Waals surface area contributed by atoms with E-state index in [1.54, 1.807) is 24.3 Å². The average molecular weight is 555 g/mol. The summed E-state index contributed by atoms with van der Waals surface area (Å²) >= 11 is 0. The standard InChI is InChI=1S/C15H20O4.C10H12O3.C5H10O2/c1-3-4-10-14(16)19-12(2)15(17)18-11-13-8-6-5-7-9-13;1-8(11)10(12)13-7-9-5-3-2-4-6-9;1-2-3-4-5(6)7/h5-9,12H,3-4,10-11H2,1-2H3;2-6,8,11H,7H2,1H3;2-4H2,1H3,(H,6,7)/t12-;8-;/m00./s1/i3D2,10D2;;2D2,4D2. The second-order valence-corrected chi connectivity index (χ2v) is 7.63. The molecule has 0 fully saturated rings. The van der Waals surface area contributed by atoms with Crippen LogP contribution >= 0.6 is 0 Å². The molecule has 0 radical (unpaired) electrons. The molecule has 0 heterocycles. The van der Waals surface area contributed by atoms with Gasteiger partial charge >= 0.3 is 23.9 Å². The molecule has 0 spiro atoms. The monoisotopic (exact) mass is 554 g/mol.